The van der Waals surface area contributed by atoms with Crippen molar-refractivity contribution in [2.24, 2.45) is 16.8 Å². The van der Waals surface area contributed by atoms with Crippen LogP contribution in [0.5, 0.6) is 0 Å². The summed E-state index contributed by atoms with van der Waals surface area (Å²) in [6, 6.07) is 5.98. The van der Waals surface area contributed by atoms with Crippen LogP contribution in [0, 0.1) is 5.92 Å². The van der Waals surface area contributed by atoms with Crippen molar-refractivity contribution in [1.82, 2.24) is 0 Å². The Morgan fingerprint density at radius 2 is 2.21 bits per heavy atom. The van der Waals surface area contributed by atoms with E-state index >= 15 is 0 Å². The van der Waals surface area contributed by atoms with Crippen LogP contribution in [0.15, 0.2) is 23.4 Å². The van der Waals surface area contributed by atoms with Crippen LogP contribution in [0.1, 0.15) is 32.3 Å². The van der Waals surface area contributed by atoms with Crippen LogP contribution < -0.4 is 10.6 Å². The van der Waals surface area contributed by atoms with Gasteiger partial charge in [-0.3, -0.25) is 0 Å². The number of rotatable bonds is 2. The van der Waals surface area contributed by atoms with Gasteiger partial charge in [-0.2, -0.15) is 0 Å². The van der Waals surface area contributed by atoms with E-state index < -0.39 is 0 Å². The summed E-state index contributed by atoms with van der Waals surface area (Å²) in [4.78, 5) is 2.31. The van der Waals surface area contributed by atoms with E-state index in [1.807, 2.05) is 12.1 Å². The Kier molecular flexibility index (Phi) is 4.20. The van der Waals surface area contributed by atoms with E-state index in [1.54, 1.807) is 6.07 Å². The SMILES string of the molecule is CC1CCN(c2ccc(Cl)cc2C(N)=NO)C(C)C1. The molecule has 2 unspecified atom stereocenters. The number of hydrogen-bond donors (Lipinski definition) is 2. The maximum atomic E-state index is 8.91. The van der Waals surface area contributed by atoms with Crippen LogP contribution in [0.2, 0.25) is 5.02 Å². The highest BCUT2D eigenvalue weighted by Crippen LogP contribution is 2.31. The van der Waals surface area contributed by atoms with Crippen LogP contribution in [-0.4, -0.2) is 23.6 Å². The van der Waals surface area contributed by atoms with Gasteiger partial charge in [0, 0.05) is 28.9 Å². The molecule has 1 aliphatic heterocycles. The quantitative estimate of drug-likeness (QED) is 0.379. The molecular weight excluding hydrogens is 262 g/mol. The van der Waals surface area contributed by atoms with Gasteiger partial charge < -0.3 is 15.8 Å². The second kappa shape index (κ2) is 5.70. The van der Waals surface area contributed by atoms with E-state index in [4.69, 9.17) is 22.5 Å². The van der Waals surface area contributed by atoms with Gasteiger partial charge >= 0.3 is 0 Å². The smallest absolute Gasteiger partial charge is 0.172 e. The Balaban J connectivity index is 2.39. The lowest BCUT2D eigenvalue weighted by atomic mass is 9.92. The van der Waals surface area contributed by atoms with Gasteiger partial charge in [0.1, 0.15) is 0 Å². The van der Waals surface area contributed by atoms with E-state index in [-0.39, 0.29) is 5.84 Å². The van der Waals surface area contributed by atoms with Crippen molar-refractivity contribution in [3.05, 3.63) is 28.8 Å². The third-order valence-corrected chi connectivity index (χ3v) is 4.03. The van der Waals surface area contributed by atoms with E-state index in [0.717, 1.165) is 31.0 Å². The predicted octanol–water partition coefficient (Wildman–Crippen LogP) is 3.06. The molecule has 1 saturated heterocycles. The first-order chi connectivity index (χ1) is 9.02. The molecule has 3 N–H and O–H groups in total. The van der Waals surface area contributed by atoms with E-state index in [1.165, 1.54) is 0 Å². The molecule has 0 aliphatic carbocycles. The van der Waals surface area contributed by atoms with Crippen molar-refractivity contribution in [2.75, 3.05) is 11.4 Å². The lowest BCUT2D eigenvalue weighted by molar-refractivity contribution is 0.318. The third-order valence-electron chi connectivity index (χ3n) is 3.79. The number of benzene rings is 1. The minimum Gasteiger partial charge on any atom is -0.409 e. The fourth-order valence-corrected chi connectivity index (χ4v) is 2.95. The molecule has 1 heterocycles. The van der Waals surface area contributed by atoms with Crippen LogP contribution in [0.25, 0.3) is 0 Å². The monoisotopic (exact) mass is 281 g/mol. The summed E-state index contributed by atoms with van der Waals surface area (Å²) in [5.74, 6) is 0.842. The zero-order chi connectivity index (χ0) is 14.0. The van der Waals surface area contributed by atoms with Crippen molar-refractivity contribution in [2.45, 2.75) is 32.7 Å². The molecule has 0 spiro atoms. The zero-order valence-electron chi connectivity index (χ0n) is 11.3. The molecule has 104 valence electrons. The molecule has 2 atom stereocenters. The minimum atomic E-state index is 0.100. The standard InChI is InChI=1S/C14H20ClN3O/c1-9-5-6-18(10(2)7-9)13-4-3-11(15)8-12(13)14(16)17-19/h3-4,8-10,19H,5-7H2,1-2H3,(H2,16,17). The van der Waals surface area contributed by atoms with Gasteiger partial charge in [-0.15, -0.1) is 0 Å². The number of anilines is 1. The first-order valence-corrected chi connectivity index (χ1v) is 6.94. The summed E-state index contributed by atoms with van der Waals surface area (Å²) in [5.41, 5.74) is 7.43. The number of nitrogens with two attached hydrogens (primary N) is 1. The van der Waals surface area contributed by atoms with Crippen LogP contribution in [-0.2, 0) is 0 Å². The lowest BCUT2D eigenvalue weighted by Crippen LogP contribution is -2.41. The van der Waals surface area contributed by atoms with Crippen molar-refractivity contribution >= 4 is 23.1 Å². The summed E-state index contributed by atoms with van der Waals surface area (Å²) < 4.78 is 0. The topological polar surface area (TPSA) is 61.8 Å². The molecule has 0 saturated carbocycles. The van der Waals surface area contributed by atoms with E-state index in [0.29, 0.717) is 16.6 Å². The number of piperidine rings is 1. The molecule has 0 bridgehead atoms. The van der Waals surface area contributed by atoms with Gasteiger partial charge in [0.25, 0.3) is 0 Å². The Morgan fingerprint density at radius 3 is 2.84 bits per heavy atom. The van der Waals surface area contributed by atoms with Gasteiger partial charge in [0.05, 0.1) is 0 Å². The fraction of sp³-hybridized carbons (Fsp3) is 0.500. The molecule has 1 fully saturated rings. The number of oxime groups is 1. The normalized spacial score (nSPS) is 24.6. The summed E-state index contributed by atoms with van der Waals surface area (Å²) in [6.07, 6.45) is 2.31. The molecule has 1 aliphatic rings. The largest absolute Gasteiger partial charge is 0.409 e. The average Bonchev–Trinajstić information content (AvgIpc) is 2.38. The maximum Gasteiger partial charge on any atom is 0.172 e. The summed E-state index contributed by atoms with van der Waals surface area (Å²) in [7, 11) is 0. The minimum absolute atomic E-state index is 0.100. The van der Waals surface area contributed by atoms with Gasteiger partial charge in [-0.1, -0.05) is 23.7 Å². The highest BCUT2D eigenvalue weighted by atomic mass is 35.5. The zero-order valence-corrected chi connectivity index (χ0v) is 12.1. The van der Waals surface area contributed by atoms with Crippen molar-refractivity contribution in [3.63, 3.8) is 0 Å². The Morgan fingerprint density at radius 1 is 1.47 bits per heavy atom. The van der Waals surface area contributed by atoms with Gasteiger partial charge in [0.2, 0.25) is 0 Å². The second-order valence-electron chi connectivity index (χ2n) is 5.32. The number of nitrogens with zero attached hydrogens (tertiary/aromatic N) is 2. The van der Waals surface area contributed by atoms with E-state index in [9.17, 15) is 0 Å². The first kappa shape index (κ1) is 14.0. The molecule has 0 amide bonds. The third kappa shape index (κ3) is 2.95. The Bertz CT molecular complexity index is 490. The van der Waals surface area contributed by atoms with Crippen molar-refractivity contribution in [3.8, 4) is 0 Å². The van der Waals surface area contributed by atoms with Gasteiger partial charge in [-0.05, 0) is 43.9 Å². The molecule has 4 nitrogen and oxygen atoms in total. The van der Waals surface area contributed by atoms with Crippen LogP contribution in [0.4, 0.5) is 5.69 Å². The fourth-order valence-electron chi connectivity index (χ4n) is 2.78. The Labute approximate surface area is 118 Å². The highest BCUT2D eigenvalue weighted by Gasteiger charge is 2.25. The molecular formula is C14H20ClN3O. The highest BCUT2D eigenvalue weighted by molar-refractivity contribution is 6.31. The average molecular weight is 282 g/mol. The van der Waals surface area contributed by atoms with Gasteiger partial charge in [0.15, 0.2) is 5.84 Å². The summed E-state index contributed by atoms with van der Waals surface area (Å²) in [5, 5.41) is 12.6. The maximum absolute atomic E-state index is 8.91. The van der Waals surface area contributed by atoms with Gasteiger partial charge in [-0.25, -0.2) is 0 Å². The van der Waals surface area contributed by atoms with Crippen molar-refractivity contribution in [1.29, 1.82) is 0 Å². The number of hydrogen-bond acceptors (Lipinski definition) is 3. The van der Waals surface area contributed by atoms with Crippen molar-refractivity contribution < 1.29 is 5.21 Å². The molecule has 2 rings (SSSR count). The lowest BCUT2D eigenvalue weighted by Gasteiger charge is -2.39. The second-order valence-corrected chi connectivity index (χ2v) is 5.76. The summed E-state index contributed by atoms with van der Waals surface area (Å²) in [6.45, 7) is 5.47. The van der Waals surface area contributed by atoms with E-state index in [2.05, 4.69) is 23.9 Å². The number of halogens is 1. The van der Waals surface area contributed by atoms with Crippen LogP contribution >= 0.6 is 11.6 Å². The predicted molar refractivity (Wildman–Crippen MR) is 79.2 cm³/mol. The first-order valence-electron chi connectivity index (χ1n) is 6.57. The number of amidine groups is 1. The molecule has 5 heteroatoms. The molecule has 0 radical (unpaired) electrons. The molecule has 1 aromatic carbocycles. The van der Waals surface area contributed by atoms with Crippen LogP contribution in [0.3, 0.4) is 0 Å². The molecule has 1 aromatic rings. The molecule has 0 aromatic heterocycles. The Hall–Kier alpha value is -1.42. The summed E-state index contributed by atoms with van der Waals surface area (Å²) >= 11 is 6.01. The molecule has 19 heavy (non-hydrogen) atoms.